The van der Waals surface area contributed by atoms with Gasteiger partial charge < -0.3 is 30.3 Å². The summed E-state index contributed by atoms with van der Waals surface area (Å²) in [6.45, 7) is 15.2. The van der Waals surface area contributed by atoms with Crippen molar-refractivity contribution >= 4 is 83.8 Å². The smallest absolute Gasteiger partial charge is 0.237 e. The standard InChI is InChI=1S/C29H26ClFNO3.C22H21NO3.C7H5BrClF.CH4.BrH/c1-5-32(4,14-18-9-12-23(31)22(30)13-18)15-24-17(3)25-27(33)28(34)26-20-8-6-7-16(2)19(20)10-11-21(26)29(25)35-24;1-5-23(4)11-17-13(3)18-20(24)21(25)19-15-8-6-7-12(2)14(15)9-10-16(19)22(18)26-17;8-4-5-1-2-7(10)6(9)3-5;;/h6-13H,5,14-15H2,1-4H3;6-10H,5,11H2,1-4H3;1-3H,4H2;1H4;1H/q+1;;;;/p-1. The van der Waals surface area contributed by atoms with Crippen LogP contribution in [0.4, 0.5) is 8.78 Å². The van der Waals surface area contributed by atoms with Crippen molar-refractivity contribution in [1.82, 2.24) is 4.90 Å². The molecular formula is C59H56Br2Cl2F2N2O6. The number of ketones is 4. The van der Waals surface area contributed by atoms with Crippen LogP contribution in [0.5, 0.6) is 0 Å². The molecule has 8 aromatic rings. The number of halogens is 6. The monoisotopic (exact) mass is 1150 g/mol. The lowest BCUT2D eigenvalue weighted by Gasteiger charge is -2.33. The van der Waals surface area contributed by atoms with Crippen LogP contribution < -0.4 is 17.0 Å². The van der Waals surface area contributed by atoms with Gasteiger partial charge >= 0.3 is 0 Å². The normalized spacial score (nSPS) is 13.2. The maximum absolute atomic E-state index is 13.6. The Morgan fingerprint density at radius 3 is 1.48 bits per heavy atom. The fourth-order valence-electron chi connectivity index (χ4n) is 9.39. The van der Waals surface area contributed by atoms with Gasteiger partial charge in [0.1, 0.15) is 42.0 Å². The zero-order valence-corrected chi connectivity index (χ0v) is 45.8. The van der Waals surface area contributed by atoms with Crippen LogP contribution in [0.25, 0.3) is 44.2 Å². The van der Waals surface area contributed by atoms with Gasteiger partial charge in [-0.2, -0.15) is 0 Å². The second kappa shape index (κ2) is 22.9. The quantitative estimate of drug-likeness (QED) is 0.0807. The Balaban J connectivity index is 0.000000201. The Bertz CT molecular complexity index is 3490. The summed E-state index contributed by atoms with van der Waals surface area (Å²) in [6, 6.07) is 28.8. The number of carbonyl (C=O) groups excluding carboxylic acids is 4. The summed E-state index contributed by atoms with van der Waals surface area (Å²) in [4.78, 5) is 54.5. The van der Waals surface area contributed by atoms with E-state index in [4.69, 9.17) is 32.0 Å². The third-order valence-corrected chi connectivity index (χ3v) is 15.0. The van der Waals surface area contributed by atoms with Crippen molar-refractivity contribution in [1.29, 1.82) is 0 Å². The van der Waals surface area contributed by atoms with Crippen LogP contribution in [0, 0.1) is 39.3 Å². The first-order valence-corrected chi connectivity index (χ1v) is 25.1. The van der Waals surface area contributed by atoms with E-state index < -0.39 is 29.0 Å². The van der Waals surface area contributed by atoms with E-state index in [2.05, 4.69) is 41.7 Å². The number of benzene rings is 6. The predicted octanol–water partition coefficient (Wildman–Crippen LogP) is 12.6. The zero-order chi connectivity index (χ0) is 51.2. The Morgan fingerprint density at radius 2 is 1.03 bits per heavy atom. The van der Waals surface area contributed by atoms with Gasteiger partial charge in [0.2, 0.25) is 23.1 Å². The molecule has 0 bridgehead atoms. The minimum atomic E-state index is -0.523. The lowest BCUT2D eigenvalue weighted by atomic mass is 9.83. The molecule has 2 aromatic heterocycles. The van der Waals surface area contributed by atoms with E-state index in [1.54, 1.807) is 24.3 Å². The molecule has 0 spiro atoms. The number of furan rings is 2. The van der Waals surface area contributed by atoms with Crippen LogP contribution in [0.2, 0.25) is 10.0 Å². The van der Waals surface area contributed by atoms with Crippen molar-refractivity contribution in [3.05, 3.63) is 186 Å². The average molecular weight is 1160 g/mol. The number of hydrogen-bond acceptors (Lipinski definition) is 7. The van der Waals surface area contributed by atoms with Gasteiger partial charge in [-0.25, -0.2) is 8.78 Å². The van der Waals surface area contributed by atoms with Crippen molar-refractivity contribution in [2.45, 2.75) is 73.9 Å². The lowest BCUT2D eigenvalue weighted by molar-refractivity contribution is -0.934. The number of nitrogens with zero attached hydrogens (tertiary/aromatic N) is 2. The van der Waals surface area contributed by atoms with E-state index in [0.717, 1.165) is 73.8 Å². The molecule has 0 saturated carbocycles. The summed E-state index contributed by atoms with van der Waals surface area (Å²) in [5.74, 6) is -0.317. The number of Topliss-reactive ketones (excluding diaryl/α,β-unsaturated/α-hetero) is 4. The summed E-state index contributed by atoms with van der Waals surface area (Å²) >= 11 is 14.7. The molecule has 14 heteroatoms. The molecule has 0 amide bonds. The number of quaternary nitrogens is 1. The van der Waals surface area contributed by atoms with E-state index in [1.165, 1.54) is 12.1 Å². The van der Waals surface area contributed by atoms with E-state index in [9.17, 15) is 28.0 Å². The van der Waals surface area contributed by atoms with Crippen molar-refractivity contribution < 1.29 is 58.3 Å². The first kappa shape index (κ1) is 56.7. The molecule has 0 aliphatic heterocycles. The SMILES string of the molecule is C.CCN(C)Cc1oc2c(c1C)C(=O)C(=O)c1c-2ccc2c(C)cccc12.CC[N+](C)(Cc1ccc(F)c(Cl)c1)Cc1oc2c(c1C)C(=O)C(=O)c1c-2ccc2c(C)cccc12.Fc1ccc(CBr)cc1Cl.[Br-]. The molecular weight excluding hydrogens is 1100 g/mol. The van der Waals surface area contributed by atoms with Crippen LogP contribution in [-0.4, -0.2) is 59.7 Å². The predicted molar refractivity (Wildman–Crippen MR) is 288 cm³/mol. The second-order valence-electron chi connectivity index (χ2n) is 18.6. The highest BCUT2D eigenvalue weighted by Crippen LogP contribution is 2.44. The minimum absolute atomic E-state index is 0. The van der Waals surface area contributed by atoms with Gasteiger partial charge in [0, 0.05) is 44.3 Å². The molecule has 6 aromatic carbocycles. The van der Waals surface area contributed by atoms with Crippen molar-refractivity contribution in [2.75, 3.05) is 27.2 Å². The fourth-order valence-corrected chi connectivity index (χ4v) is 10.1. The van der Waals surface area contributed by atoms with Gasteiger partial charge in [0.05, 0.1) is 41.3 Å². The van der Waals surface area contributed by atoms with Gasteiger partial charge in [-0.15, -0.1) is 0 Å². The van der Waals surface area contributed by atoms with E-state index >= 15 is 0 Å². The van der Waals surface area contributed by atoms with Gasteiger partial charge in [0.25, 0.3) is 0 Å². The number of carbonyl (C=O) groups is 4. The Kier molecular flexibility index (Phi) is 17.8. The molecule has 2 aliphatic carbocycles. The molecule has 10 rings (SSSR count). The highest BCUT2D eigenvalue weighted by Gasteiger charge is 2.40. The number of fused-ring (bicyclic) bond motifs is 10. The Hall–Kier alpha value is -5.60. The van der Waals surface area contributed by atoms with Gasteiger partial charge in [0.15, 0.2) is 5.76 Å². The minimum Gasteiger partial charge on any atom is -1.00 e. The summed E-state index contributed by atoms with van der Waals surface area (Å²) in [7, 11) is 4.08. The van der Waals surface area contributed by atoms with Gasteiger partial charge in [-0.05, 0) is 123 Å². The van der Waals surface area contributed by atoms with Crippen LogP contribution in [0.15, 0.2) is 106 Å². The number of rotatable bonds is 9. The van der Waals surface area contributed by atoms with E-state index in [1.807, 2.05) is 95.4 Å². The number of hydrogen-bond donors (Lipinski definition) is 0. The molecule has 380 valence electrons. The topological polar surface area (TPSA) is 97.8 Å². The van der Waals surface area contributed by atoms with Crippen LogP contribution in [-0.2, 0) is 25.0 Å². The maximum atomic E-state index is 13.6. The molecule has 2 aliphatic rings. The largest absolute Gasteiger partial charge is 1.00 e. The van der Waals surface area contributed by atoms with Crippen molar-refractivity contribution in [2.24, 2.45) is 0 Å². The summed E-state index contributed by atoms with van der Waals surface area (Å²) < 4.78 is 39.2. The van der Waals surface area contributed by atoms with Crippen molar-refractivity contribution in [3.63, 3.8) is 0 Å². The summed E-state index contributed by atoms with van der Waals surface area (Å²) in [5, 5.41) is 4.50. The molecule has 2 heterocycles. The van der Waals surface area contributed by atoms with Gasteiger partial charge in [-0.3, -0.25) is 24.1 Å². The molecule has 0 saturated heterocycles. The maximum Gasteiger partial charge on any atom is 0.237 e. The first-order chi connectivity index (χ1) is 33.8. The molecule has 73 heavy (non-hydrogen) atoms. The molecule has 1 atom stereocenters. The molecule has 1 unspecified atom stereocenters. The Morgan fingerprint density at radius 1 is 0.589 bits per heavy atom. The third kappa shape index (κ3) is 10.8. The molecule has 8 nitrogen and oxygen atoms in total. The van der Waals surface area contributed by atoms with Crippen LogP contribution >= 0.6 is 39.1 Å². The van der Waals surface area contributed by atoms with Crippen LogP contribution in [0.3, 0.4) is 0 Å². The zero-order valence-electron chi connectivity index (χ0n) is 41.1. The van der Waals surface area contributed by atoms with Crippen LogP contribution in [0.1, 0.15) is 108 Å². The third-order valence-electron chi connectivity index (χ3n) is 13.8. The fraction of sp³-hybridized carbons (Fsp3) is 0.254. The lowest BCUT2D eigenvalue weighted by Crippen LogP contribution is -3.00. The summed E-state index contributed by atoms with van der Waals surface area (Å²) in [5.41, 5.74) is 8.53. The molecule has 0 fully saturated rings. The first-order valence-electron chi connectivity index (χ1n) is 23.2. The highest BCUT2D eigenvalue weighted by atomic mass is 79.9. The van der Waals surface area contributed by atoms with Crippen molar-refractivity contribution in [3.8, 4) is 22.6 Å². The molecule has 0 radical (unpaired) electrons. The van der Waals surface area contributed by atoms with Gasteiger partial charge in [-0.1, -0.05) is 114 Å². The summed E-state index contributed by atoms with van der Waals surface area (Å²) in [6.07, 6.45) is 0. The highest BCUT2D eigenvalue weighted by molar-refractivity contribution is 9.08. The molecule has 0 N–H and O–H groups in total. The number of aryl methyl sites for hydroxylation is 2. The van der Waals surface area contributed by atoms with E-state index in [0.29, 0.717) is 80.1 Å². The number of alkyl halides is 1. The Labute approximate surface area is 453 Å². The second-order valence-corrected chi connectivity index (χ2v) is 19.9. The average Bonchev–Trinajstić information content (AvgIpc) is 3.86. The van der Waals surface area contributed by atoms with E-state index in [-0.39, 0.29) is 40.3 Å².